The fourth-order valence-electron chi connectivity index (χ4n) is 9.93. The van der Waals surface area contributed by atoms with Gasteiger partial charge in [-0.05, 0) is 61.5 Å². The molecule has 2 unspecified atom stereocenters. The van der Waals surface area contributed by atoms with E-state index in [0.717, 1.165) is 32.1 Å². The first-order valence-corrected chi connectivity index (χ1v) is 15.5. The van der Waals surface area contributed by atoms with Crippen molar-refractivity contribution < 1.29 is 34.2 Å². The van der Waals surface area contributed by atoms with Crippen molar-refractivity contribution in [3.8, 4) is 5.75 Å². The zero-order valence-corrected chi connectivity index (χ0v) is 25.9. The van der Waals surface area contributed by atoms with Crippen molar-refractivity contribution in [2.75, 3.05) is 0 Å². The van der Waals surface area contributed by atoms with Gasteiger partial charge in [-0.1, -0.05) is 77.2 Å². The van der Waals surface area contributed by atoms with Crippen LogP contribution in [0.3, 0.4) is 0 Å². The number of rotatable bonds is 5. The van der Waals surface area contributed by atoms with Gasteiger partial charge in [0.1, 0.15) is 23.2 Å². The van der Waals surface area contributed by atoms with E-state index in [2.05, 4.69) is 0 Å². The third-order valence-electron chi connectivity index (χ3n) is 11.9. The summed E-state index contributed by atoms with van der Waals surface area (Å²) in [5, 5.41) is 23.5. The molecule has 7 heteroatoms. The minimum atomic E-state index is -2.69. The highest BCUT2D eigenvalue weighted by molar-refractivity contribution is 6.27. The second-order valence-electron chi connectivity index (χ2n) is 14.1. The summed E-state index contributed by atoms with van der Waals surface area (Å²) in [4.78, 5) is 70.5. The van der Waals surface area contributed by atoms with Crippen LogP contribution < -0.4 is 0 Å². The van der Waals surface area contributed by atoms with Crippen LogP contribution in [0.2, 0.25) is 0 Å². The number of aromatic hydroxyl groups is 1. The SMILES string of the molecule is CC(=O)C1C(=O)[C@@]2(O)C(=O)C3C(=O)c4c(O)cccc4[C@H](C)[C@@]3(C)[C@H](CC(=O)C3CCCCC3)[C@@]2(C)C(C(C)C)=C1C. The highest BCUT2D eigenvalue weighted by Gasteiger charge is 2.78. The smallest absolute Gasteiger partial charge is 0.192 e. The lowest BCUT2D eigenvalue weighted by molar-refractivity contribution is -0.200. The van der Waals surface area contributed by atoms with Gasteiger partial charge < -0.3 is 10.2 Å². The summed E-state index contributed by atoms with van der Waals surface area (Å²) >= 11 is 0. The third kappa shape index (κ3) is 3.71. The van der Waals surface area contributed by atoms with Gasteiger partial charge in [0, 0.05) is 17.8 Å². The number of carbonyl (C=O) groups is 5. The van der Waals surface area contributed by atoms with E-state index in [4.69, 9.17) is 0 Å². The summed E-state index contributed by atoms with van der Waals surface area (Å²) in [6.45, 7) is 12.3. The summed E-state index contributed by atoms with van der Waals surface area (Å²) in [5.74, 6) is -7.65. The van der Waals surface area contributed by atoms with E-state index < -0.39 is 63.2 Å². The summed E-state index contributed by atoms with van der Waals surface area (Å²) in [7, 11) is 0. The maximum Gasteiger partial charge on any atom is 0.192 e. The number of hydrogen-bond donors (Lipinski definition) is 2. The van der Waals surface area contributed by atoms with Gasteiger partial charge in [-0.25, -0.2) is 0 Å². The molecule has 2 saturated carbocycles. The van der Waals surface area contributed by atoms with Crippen molar-refractivity contribution in [1.29, 1.82) is 0 Å². The number of fused-ring (bicyclic) bond motifs is 3. The highest BCUT2D eigenvalue weighted by atomic mass is 16.3. The number of phenolic OH excluding ortho intramolecular Hbond substituents is 1. The first-order chi connectivity index (χ1) is 19.6. The maximum atomic E-state index is 14.8. The highest BCUT2D eigenvalue weighted by Crippen LogP contribution is 2.70. The van der Waals surface area contributed by atoms with E-state index in [1.807, 2.05) is 27.7 Å². The molecule has 0 spiro atoms. The zero-order valence-electron chi connectivity index (χ0n) is 25.9. The summed E-state index contributed by atoms with van der Waals surface area (Å²) in [5.41, 5.74) is -3.62. The Morgan fingerprint density at radius 2 is 1.64 bits per heavy atom. The standard InChI is InChI=1S/C35H44O7/c1-17(2)28-18(3)26(20(5)36)31(40)35(42)32(41)29-30(39)27-22(14-11-15-23(27)37)19(4)33(29,6)25(34(28,35)7)16-24(38)21-12-9-8-10-13-21/h11,14-15,17,19,21,25-26,29,37,42H,8-10,12-13,16H2,1-7H3/t19-,25-,26?,29?,33-,34-,35+/m0/s1. The number of aliphatic hydroxyl groups is 1. The minimum absolute atomic E-state index is 0.00293. The van der Waals surface area contributed by atoms with Crippen LogP contribution in [0.4, 0.5) is 0 Å². The topological polar surface area (TPSA) is 126 Å². The lowest BCUT2D eigenvalue weighted by atomic mass is 9.35. The van der Waals surface area contributed by atoms with Gasteiger partial charge in [0.15, 0.2) is 23.0 Å². The first kappa shape index (κ1) is 30.5. The fraction of sp³-hybridized carbons (Fsp3) is 0.629. The van der Waals surface area contributed by atoms with Crippen molar-refractivity contribution >= 4 is 28.9 Å². The summed E-state index contributed by atoms with van der Waals surface area (Å²) < 4.78 is 0. The van der Waals surface area contributed by atoms with Crippen molar-refractivity contribution in [2.24, 2.45) is 40.4 Å². The third-order valence-corrected chi connectivity index (χ3v) is 11.9. The molecular formula is C35H44O7. The zero-order chi connectivity index (χ0) is 31.1. The molecule has 0 radical (unpaired) electrons. The maximum absolute atomic E-state index is 14.8. The van der Waals surface area contributed by atoms with Gasteiger partial charge in [-0.15, -0.1) is 0 Å². The number of phenols is 1. The van der Waals surface area contributed by atoms with Gasteiger partial charge in [-0.3, -0.25) is 24.0 Å². The number of allylic oxidation sites excluding steroid dienone is 1. The van der Waals surface area contributed by atoms with Crippen LogP contribution in [0, 0.1) is 40.4 Å². The van der Waals surface area contributed by atoms with Crippen LogP contribution in [0.1, 0.15) is 109 Å². The number of benzene rings is 1. The fourth-order valence-corrected chi connectivity index (χ4v) is 9.93. The van der Waals surface area contributed by atoms with E-state index >= 15 is 0 Å². The van der Waals surface area contributed by atoms with Gasteiger partial charge in [-0.2, -0.15) is 0 Å². The Labute approximate surface area is 248 Å². The Hall–Kier alpha value is -2.93. The molecule has 7 nitrogen and oxygen atoms in total. The van der Waals surface area contributed by atoms with Crippen LogP contribution in [-0.4, -0.2) is 44.7 Å². The molecule has 1 aromatic rings. The molecule has 0 saturated heterocycles. The van der Waals surface area contributed by atoms with E-state index in [9.17, 15) is 34.2 Å². The molecule has 4 aliphatic carbocycles. The van der Waals surface area contributed by atoms with Crippen LogP contribution in [-0.2, 0) is 19.2 Å². The number of Topliss-reactive ketones (excluding diaryl/α,β-unsaturated/α-hetero) is 5. The second-order valence-corrected chi connectivity index (χ2v) is 14.1. The van der Waals surface area contributed by atoms with Gasteiger partial charge in [0.25, 0.3) is 0 Å². The Balaban J connectivity index is 1.85. The second kappa shape index (κ2) is 10.1. The predicted molar refractivity (Wildman–Crippen MR) is 157 cm³/mol. The molecule has 0 bridgehead atoms. The van der Waals surface area contributed by atoms with E-state index in [-0.39, 0.29) is 35.4 Å². The Kier molecular flexibility index (Phi) is 7.32. The summed E-state index contributed by atoms with van der Waals surface area (Å²) in [6.07, 6.45) is 4.53. The van der Waals surface area contributed by atoms with E-state index in [1.54, 1.807) is 26.0 Å². The van der Waals surface area contributed by atoms with Crippen LogP contribution >= 0.6 is 0 Å². The molecule has 2 fully saturated rings. The quantitative estimate of drug-likeness (QED) is 0.348. The molecule has 0 heterocycles. The van der Waals surface area contributed by atoms with Crippen molar-refractivity contribution in [3.63, 3.8) is 0 Å². The van der Waals surface area contributed by atoms with Crippen molar-refractivity contribution in [2.45, 2.75) is 98.5 Å². The average molecular weight is 577 g/mol. The Morgan fingerprint density at radius 1 is 1.02 bits per heavy atom. The van der Waals surface area contributed by atoms with Crippen LogP contribution in [0.15, 0.2) is 29.3 Å². The van der Waals surface area contributed by atoms with Gasteiger partial charge in [0.05, 0.1) is 11.5 Å². The molecule has 7 atom stereocenters. The lowest BCUT2D eigenvalue weighted by Crippen LogP contribution is -2.77. The number of hydrogen-bond acceptors (Lipinski definition) is 7. The molecule has 5 rings (SSSR count). The molecule has 226 valence electrons. The van der Waals surface area contributed by atoms with Gasteiger partial charge in [0.2, 0.25) is 0 Å². The molecule has 0 amide bonds. The minimum Gasteiger partial charge on any atom is -0.507 e. The van der Waals surface area contributed by atoms with Crippen molar-refractivity contribution in [1.82, 2.24) is 0 Å². The molecule has 2 N–H and O–H groups in total. The monoisotopic (exact) mass is 576 g/mol. The normalized spacial score (nSPS) is 36.9. The molecular weight excluding hydrogens is 532 g/mol. The van der Waals surface area contributed by atoms with Crippen molar-refractivity contribution in [3.05, 3.63) is 40.5 Å². The number of ketones is 5. The first-order valence-electron chi connectivity index (χ1n) is 15.5. The average Bonchev–Trinajstić information content (AvgIpc) is 2.92. The van der Waals surface area contributed by atoms with Gasteiger partial charge >= 0.3 is 0 Å². The van der Waals surface area contributed by atoms with E-state index in [1.165, 1.54) is 13.0 Å². The summed E-state index contributed by atoms with van der Waals surface area (Å²) in [6, 6.07) is 4.83. The Morgan fingerprint density at radius 3 is 2.21 bits per heavy atom. The predicted octanol–water partition coefficient (Wildman–Crippen LogP) is 5.55. The largest absolute Gasteiger partial charge is 0.507 e. The van der Waals surface area contributed by atoms with Crippen LogP contribution in [0.5, 0.6) is 5.75 Å². The number of carbonyl (C=O) groups excluding carboxylic acids is 5. The van der Waals surface area contributed by atoms with Crippen LogP contribution in [0.25, 0.3) is 0 Å². The molecule has 42 heavy (non-hydrogen) atoms. The van der Waals surface area contributed by atoms with E-state index in [0.29, 0.717) is 16.7 Å². The molecule has 1 aromatic carbocycles. The molecule has 0 aromatic heterocycles. The molecule has 0 aliphatic heterocycles. The Bertz CT molecular complexity index is 1430. The molecule has 4 aliphatic rings. The lowest BCUT2D eigenvalue weighted by Gasteiger charge is -2.66.